The Balaban J connectivity index is 0.00000385. The van der Waals surface area contributed by atoms with E-state index in [2.05, 4.69) is 31.8 Å². The zero-order valence-electron chi connectivity index (χ0n) is 19.3. The Hall–Kier alpha value is -2.82. The van der Waals surface area contributed by atoms with E-state index >= 15 is 0 Å². The van der Waals surface area contributed by atoms with E-state index in [9.17, 15) is 0 Å². The van der Waals surface area contributed by atoms with Crippen LogP contribution in [0.25, 0.3) is 11.4 Å². The van der Waals surface area contributed by atoms with Gasteiger partial charge in [0.25, 0.3) is 0 Å². The number of aryl methyl sites for hydroxylation is 1. The molecular weight excluding hydrogens is 533 g/mol. The molecule has 0 aliphatic rings. The smallest absolute Gasteiger partial charge is 0.226 e. The number of methoxy groups -OCH3 is 2. The summed E-state index contributed by atoms with van der Waals surface area (Å²) in [6.45, 7) is 1.53. The molecule has 2 aromatic carbocycles. The van der Waals surface area contributed by atoms with Crippen LogP contribution in [-0.2, 0) is 13.0 Å². The molecule has 178 valence electrons. The number of aromatic nitrogens is 2. The van der Waals surface area contributed by atoms with Gasteiger partial charge >= 0.3 is 0 Å². The van der Waals surface area contributed by atoms with Gasteiger partial charge in [-0.05, 0) is 54.8 Å². The summed E-state index contributed by atoms with van der Waals surface area (Å²) in [6, 6.07) is 15.6. The first-order valence-electron chi connectivity index (χ1n) is 10.8. The summed E-state index contributed by atoms with van der Waals surface area (Å²) in [4.78, 5) is 8.76. The summed E-state index contributed by atoms with van der Waals surface area (Å²) in [5.41, 5.74) is 2.05. The Labute approximate surface area is 212 Å². The summed E-state index contributed by atoms with van der Waals surface area (Å²) < 4.78 is 15.8. The molecule has 1 aromatic heterocycles. The summed E-state index contributed by atoms with van der Waals surface area (Å²) in [5.74, 6) is 3.71. The molecule has 0 bridgehead atoms. The predicted octanol–water partition coefficient (Wildman–Crippen LogP) is 4.45. The minimum atomic E-state index is 0. The van der Waals surface area contributed by atoms with Crippen molar-refractivity contribution in [1.82, 2.24) is 20.8 Å². The van der Waals surface area contributed by atoms with Gasteiger partial charge in [0.15, 0.2) is 5.96 Å². The van der Waals surface area contributed by atoms with Crippen LogP contribution < -0.4 is 20.1 Å². The quantitative estimate of drug-likeness (QED) is 0.154. The number of ether oxygens (including phenoxy) is 2. The molecule has 0 spiro atoms. The molecule has 0 fully saturated rings. The molecule has 0 unspecified atom stereocenters. The van der Waals surface area contributed by atoms with E-state index in [0.717, 1.165) is 60.8 Å². The van der Waals surface area contributed by atoms with Gasteiger partial charge in [-0.25, -0.2) is 0 Å². The molecule has 0 aliphatic heterocycles. The van der Waals surface area contributed by atoms with Crippen LogP contribution in [0, 0.1) is 0 Å². The largest absolute Gasteiger partial charge is 0.497 e. The minimum absolute atomic E-state index is 0. The highest BCUT2D eigenvalue weighted by Crippen LogP contribution is 2.20. The zero-order chi connectivity index (χ0) is 22.6. The summed E-state index contributed by atoms with van der Waals surface area (Å²) in [7, 11) is 5.09. The van der Waals surface area contributed by atoms with Crippen LogP contribution in [0.1, 0.15) is 30.7 Å². The van der Waals surface area contributed by atoms with Gasteiger partial charge in [-0.1, -0.05) is 23.7 Å². The van der Waals surface area contributed by atoms with Crippen LogP contribution in [0.15, 0.2) is 58.0 Å². The first-order chi connectivity index (χ1) is 15.7. The number of benzene rings is 2. The summed E-state index contributed by atoms with van der Waals surface area (Å²) in [5, 5.41) is 10.7. The lowest BCUT2D eigenvalue weighted by molar-refractivity contribution is 0.374. The lowest BCUT2D eigenvalue weighted by Crippen LogP contribution is -2.37. The second kappa shape index (κ2) is 14.4. The molecule has 8 nitrogen and oxygen atoms in total. The van der Waals surface area contributed by atoms with Gasteiger partial charge in [0.05, 0.1) is 14.2 Å². The number of rotatable bonds is 11. The number of hydrogen-bond acceptors (Lipinski definition) is 6. The van der Waals surface area contributed by atoms with Crippen molar-refractivity contribution in [3.05, 3.63) is 60.0 Å². The van der Waals surface area contributed by atoms with E-state index in [1.165, 1.54) is 0 Å². The number of nitrogens with zero attached hydrogens (tertiary/aromatic N) is 3. The van der Waals surface area contributed by atoms with Gasteiger partial charge in [0, 0.05) is 32.1 Å². The van der Waals surface area contributed by atoms with E-state index in [-0.39, 0.29) is 24.0 Å². The van der Waals surface area contributed by atoms with Crippen molar-refractivity contribution < 1.29 is 14.0 Å². The topological polar surface area (TPSA) is 93.8 Å². The summed E-state index contributed by atoms with van der Waals surface area (Å²) >= 11 is 0. The van der Waals surface area contributed by atoms with Gasteiger partial charge in [-0.2, -0.15) is 4.98 Å². The van der Waals surface area contributed by atoms with Crippen molar-refractivity contribution >= 4 is 29.9 Å². The fourth-order valence-electron chi connectivity index (χ4n) is 3.19. The van der Waals surface area contributed by atoms with Crippen LogP contribution >= 0.6 is 24.0 Å². The molecule has 0 saturated heterocycles. The molecule has 9 heteroatoms. The molecule has 0 aliphatic carbocycles. The molecule has 0 amide bonds. The maximum absolute atomic E-state index is 5.38. The third kappa shape index (κ3) is 8.56. The lowest BCUT2D eigenvalue weighted by atomic mass is 10.2. The Morgan fingerprint density at radius 3 is 2.48 bits per heavy atom. The number of halogens is 1. The molecule has 0 radical (unpaired) electrons. The SMILES string of the molecule is CN=C(NCCCCCc1nc(-c2ccc(OC)cc2)no1)NCc1cccc(OC)c1.I. The van der Waals surface area contributed by atoms with Crippen molar-refractivity contribution in [3.8, 4) is 22.9 Å². The van der Waals surface area contributed by atoms with Crippen molar-refractivity contribution in [2.45, 2.75) is 32.2 Å². The maximum Gasteiger partial charge on any atom is 0.226 e. The molecule has 1 heterocycles. The van der Waals surface area contributed by atoms with Crippen LogP contribution in [0.3, 0.4) is 0 Å². The second-order valence-corrected chi connectivity index (χ2v) is 7.25. The van der Waals surface area contributed by atoms with Crippen molar-refractivity contribution in [2.24, 2.45) is 4.99 Å². The van der Waals surface area contributed by atoms with E-state index in [1.807, 2.05) is 42.5 Å². The van der Waals surface area contributed by atoms with Crippen molar-refractivity contribution in [3.63, 3.8) is 0 Å². The fraction of sp³-hybridized carbons (Fsp3) is 0.375. The van der Waals surface area contributed by atoms with E-state index in [4.69, 9.17) is 14.0 Å². The molecule has 3 aromatic rings. The Morgan fingerprint density at radius 1 is 0.970 bits per heavy atom. The number of nitrogens with one attached hydrogen (secondary N) is 2. The third-order valence-electron chi connectivity index (χ3n) is 4.99. The van der Waals surface area contributed by atoms with E-state index in [0.29, 0.717) is 18.3 Å². The molecule has 0 atom stereocenters. The van der Waals surface area contributed by atoms with Crippen LogP contribution in [0.4, 0.5) is 0 Å². The average Bonchev–Trinajstić information content (AvgIpc) is 3.32. The Morgan fingerprint density at radius 2 is 1.76 bits per heavy atom. The Kier molecular flexibility index (Phi) is 11.5. The molecule has 0 saturated carbocycles. The summed E-state index contributed by atoms with van der Waals surface area (Å²) in [6.07, 6.45) is 3.84. The monoisotopic (exact) mass is 565 g/mol. The highest BCUT2D eigenvalue weighted by atomic mass is 127. The van der Waals surface area contributed by atoms with E-state index in [1.54, 1.807) is 21.3 Å². The predicted molar refractivity (Wildman–Crippen MR) is 140 cm³/mol. The molecule has 2 N–H and O–H groups in total. The number of unbranched alkanes of at least 4 members (excludes halogenated alkanes) is 2. The third-order valence-corrected chi connectivity index (χ3v) is 4.99. The standard InChI is InChI=1S/C24H31N5O3.HI/c1-25-24(27-17-18-8-7-9-21(16-18)31-3)26-15-6-4-5-10-22-28-23(29-32-22)19-11-13-20(30-2)14-12-19;/h7-9,11-14,16H,4-6,10,15,17H2,1-3H3,(H2,25,26,27);1H. The normalized spacial score (nSPS) is 10.9. The second-order valence-electron chi connectivity index (χ2n) is 7.25. The Bertz CT molecular complexity index is 992. The molecule has 3 rings (SSSR count). The highest BCUT2D eigenvalue weighted by Gasteiger charge is 2.08. The minimum Gasteiger partial charge on any atom is -0.497 e. The first-order valence-corrected chi connectivity index (χ1v) is 10.8. The first kappa shape index (κ1) is 26.4. The molecule has 33 heavy (non-hydrogen) atoms. The van der Waals surface area contributed by atoms with Gasteiger partial charge in [0.2, 0.25) is 11.7 Å². The van der Waals surface area contributed by atoms with Gasteiger partial charge in [-0.15, -0.1) is 24.0 Å². The molecular formula is C24H32IN5O3. The van der Waals surface area contributed by atoms with Gasteiger partial charge < -0.3 is 24.6 Å². The number of hydrogen-bond donors (Lipinski definition) is 2. The van der Waals surface area contributed by atoms with Gasteiger partial charge in [-0.3, -0.25) is 4.99 Å². The lowest BCUT2D eigenvalue weighted by Gasteiger charge is -2.12. The maximum atomic E-state index is 5.38. The van der Waals surface area contributed by atoms with Crippen LogP contribution in [0.2, 0.25) is 0 Å². The highest BCUT2D eigenvalue weighted by molar-refractivity contribution is 14.0. The average molecular weight is 565 g/mol. The van der Waals surface area contributed by atoms with Crippen LogP contribution in [-0.4, -0.2) is 43.9 Å². The zero-order valence-corrected chi connectivity index (χ0v) is 21.7. The fourth-order valence-corrected chi connectivity index (χ4v) is 3.19. The number of guanidine groups is 1. The van der Waals surface area contributed by atoms with Crippen LogP contribution in [0.5, 0.6) is 11.5 Å². The van der Waals surface area contributed by atoms with Crippen molar-refractivity contribution in [1.29, 1.82) is 0 Å². The number of aliphatic imine (C=N–C) groups is 1. The van der Waals surface area contributed by atoms with Gasteiger partial charge in [0.1, 0.15) is 11.5 Å². The van der Waals surface area contributed by atoms with Crippen molar-refractivity contribution in [2.75, 3.05) is 27.8 Å². The van der Waals surface area contributed by atoms with E-state index < -0.39 is 0 Å².